The molecule has 2 N–H and O–H groups in total. The second kappa shape index (κ2) is 7.14. The Morgan fingerprint density at radius 3 is 2.86 bits per heavy atom. The number of hydrogen-bond donors (Lipinski definition) is 2. The molecule has 0 bridgehead atoms. The summed E-state index contributed by atoms with van der Waals surface area (Å²) in [6.07, 6.45) is 0. The average molecular weight is 396 g/mol. The van der Waals surface area contributed by atoms with Crippen molar-refractivity contribution in [1.82, 2.24) is 19.5 Å². The summed E-state index contributed by atoms with van der Waals surface area (Å²) in [5.74, 6) is 0. The van der Waals surface area contributed by atoms with Crippen LogP contribution < -0.4 is 5.69 Å². The summed E-state index contributed by atoms with van der Waals surface area (Å²) >= 11 is 1.75. The van der Waals surface area contributed by atoms with Crippen LogP contribution in [0.5, 0.6) is 0 Å². The maximum Gasteiger partial charge on any atom is 0.348 e. The molecule has 8 heteroatoms. The average Bonchev–Trinajstić information content (AvgIpc) is 3.34. The predicted octanol–water partition coefficient (Wildman–Crippen LogP) is 2.23. The summed E-state index contributed by atoms with van der Waals surface area (Å²) in [5.41, 5.74) is 3.91. The van der Waals surface area contributed by atoms with Crippen LogP contribution in [0.3, 0.4) is 0 Å². The summed E-state index contributed by atoms with van der Waals surface area (Å²) in [7, 11) is 0. The fourth-order valence-electron chi connectivity index (χ4n) is 3.77. The molecule has 1 fully saturated rings. The molecule has 7 nitrogen and oxygen atoms in total. The number of fused-ring (bicyclic) bond motifs is 3. The van der Waals surface area contributed by atoms with E-state index in [1.165, 1.54) is 4.88 Å². The Labute approximate surface area is 164 Å². The van der Waals surface area contributed by atoms with Crippen LogP contribution in [0, 0.1) is 0 Å². The molecule has 0 saturated carbocycles. The SMILES string of the molecule is O=c1[nH]nc2cc(CO)c3ccc(-c4csc(CN5CCOCC5)c4)cc3n12. The van der Waals surface area contributed by atoms with E-state index in [1.54, 1.807) is 21.8 Å². The third kappa shape index (κ3) is 3.04. The van der Waals surface area contributed by atoms with Crippen molar-refractivity contribution in [3.63, 3.8) is 0 Å². The fraction of sp³-hybridized carbons (Fsp3) is 0.300. The molecule has 4 aromatic rings. The van der Waals surface area contributed by atoms with Gasteiger partial charge in [-0.1, -0.05) is 12.1 Å². The molecule has 144 valence electrons. The van der Waals surface area contributed by atoms with E-state index in [1.807, 2.05) is 18.2 Å². The van der Waals surface area contributed by atoms with Crippen LogP contribution in [0.25, 0.3) is 27.7 Å². The van der Waals surface area contributed by atoms with Gasteiger partial charge in [-0.25, -0.2) is 14.3 Å². The Morgan fingerprint density at radius 2 is 2.04 bits per heavy atom. The Morgan fingerprint density at radius 1 is 1.18 bits per heavy atom. The molecule has 0 amide bonds. The van der Waals surface area contributed by atoms with Crippen LogP contribution in [0.1, 0.15) is 10.4 Å². The van der Waals surface area contributed by atoms with Gasteiger partial charge in [0.2, 0.25) is 0 Å². The second-order valence-electron chi connectivity index (χ2n) is 6.97. The summed E-state index contributed by atoms with van der Waals surface area (Å²) in [6, 6.07) is 9.96. The van der Waals surface area contributed by atoms with Crippen LogP contribution in [0.15, 0.2) is 40.5 Å². The minimum Gasteiger partial charge on any atom is -0.392 e. The van der Waals surface area contributed by atoms with Gasteiger partial charge < -0.3 is 9.84 Å². The number of pyridine rings is 1. The zero-order valence-electron chi connectivity index (χ0n) is 15.2. The fourth-order valence-corrected chi connectivity index (χ4v) is 4.70. The maximum absolute atomic E-state index is 12.2. The van der Waals surface area contributed by atoms with Gasteiger partial charge in [0.25, 0.3) is 0 Å². The van der Waals surface area contributed by atoms with E-state index < -0.39 is 0 Å². The van der Waals surface area contributed by atoms with Crippen molar-refractivity contribution in [2.24, 2.45) is 0 Å². The van der Waals surface area contributed by atoms with Crippen LogP contribution >= 0.6 is 11.3 Å². The first-order valence-corrected chi connectivity index (χ1v) is 10.1. The number of hydrogen-bond acceptors (Lipinski definition) is 6. The monoisotopic (exact) mass is 396 g/mol. The summed E-state index contributed by atoms with van der Waals surface area (Å²) in [6.45, 7) is 4.36. The van der Waals surface area contributed by atoms with Gasteiger partial charge in [0.15, 0.2) is 5.65 Å². The zero-order chi connectivity index (χ0) is 19.1. The first-order valence-electron chi connectivity index (χ1n) is 9.24. The van der Waals surface area contributed by atoms with E-state index in [0.29, 0.717) is 5.65 Å². The highest BCUT2D eigenvalue weighted by Crippen LogP contribution is 2.30. The standard InChI is InChI=1S/C20H20N4O3S/c25-11-14-9-19-21-22-20(26)24(19)18-8-13(1-2-17(14)18)15-7-16(28-12-15)10-23-3-5-27-6-4-23/h1-2,7-9,12,25H,3-6,10-11H2,(H,22,26). The highest BCUT2D eigenvalue weighted by molar-refractivity contribution is 7.10. The van der Waals surface area contributed by atoms with Crippen LogP contribution in [0.2, 0.25) is 0 Å². The van der Waals surface area contributed by atoms with Crippen molar-refractivity contribution in [1.29, 1.82) is 0 Å². The number of nitrogens with one attached hydrogen (secondary N) is 1. The third-order valence-electron chi connectivity index (χ3n) is 5.23. The molecular formula is C20H20N4O3S. The zero-order valence-corrected chi connectivity index (χ0v) is 16.0. The van der Waals surface area contributed by atoms with E-state index >= 15 is 0 Å². The first-order chi connectivity index (χ1) is 13.7. The number of morpholine rings is 1. The largest absolute Gasteiger partial charge is 0.392 e. The highest BCUT2D eigenvalue weighted by atomic mass is 32.1. The summed E-state index contributed by atoms with van der Waals surface area (Å²) in [4.78, 5) is 16.0. The molecule has 1 aliphatic rings. The lowest BCUT2D eigenvalue weighted by Gasteiger charge is -2.25. The number of benzene rings is 1. The van der Waals surface area contributed by atoms with Crippen LogP contribution in [-0.4, -0.2) is 50.9 Å². The number of aromatic amines is 1. The summed E-state index contributed by atoms with van der Waals surface area (Å²) in [5, 5.41) is 19.3. The number of aliphatic hydroxyl groups is 1. The van der Waals surface area contributed by atoms with E-state index in [-0.39, 0.29) is 12.3 Å². The van der Waals surface area contributed by atoms with E-state index in [9.17, 15) is 9.90 Å². The molecule has 5 rings (SSSR count). The van der Waals surface area contributed by atoms with Gasteiger partial charge in [0, 0.05) is 29.9 Å². The molecule has 28 heavy (non-hydrogen) atoms. The van der Waals surface area contributed by atoms with Crippen LogP contribution in [0.4, 0.5) is 0 Å². The lowest BCUT2D eigenvalue weighted by Crippen LogP contribution is -2.35. The molecule has 0 spiro atoms. The van der Waals surface area contributed by atoms with Gasteiger partial charge in [-0.2, -0.15) is 5.10 Å². The highest BCUT2D eigenvalue weighted by Gasteiger charge is 2.14. The van der Waals surface area contributed by atoms with Crippen molar-refractivity contribution in [3.8, 4) is 11.1 Å². The number of ether oxygens (including phenoxy) is 1. The van der Waals surface area contributed by atoms with Gasteiger partial charge in [0.05, 0.1) is 25.3 Å². The minimum atomic E-state index is -0.278. The number of aromatic nitrogens is 3. The van der Waals surface area contributed by atoms with Crippen molar-refractivity contribution in [2.45, 2.75) is 13.2 Å². The summed E-state index contributed by atoms with van der Waals surface area (Å²) < 4.78 is 6.97. The smallest absolute Gasteiger partial charge is 0.348 e. The Bertz CT molecular complexity index is 1200. The minimum absolute atomic E-state index is 0.102. The number of rotatable bonds is 4. The van der Waals surface area contributed by atoms with Crippen molar-refractivity contribution in [3.05, 3.63) is 56.6 Å². The predicted molar refractivity (Wildman–Crippen MR) is 109 cm³/mol. The van der Waals surface area contributed by atoms with Crippen molar-refractivity contribution in [2.75, 3.05) is 26.3 Å². The molecule has 1 aliphatic heterocycles. The van der Waals surface area contributed by atoms with Gasteiger partial charge in [0.1, 0.15) is 0 Å². The van der Waals surface area contributed by atoms with Crippen LogP contribution in [-0.2, 0) is 17.9 Å². The molecule has 0 radical (unpaired) electrons. The molecule has 0 aliphatic carbocycles. The number of thiophene rings is 1. The number of aliphatic hydroxyl groups excluding tert-OH is 1. The molecule has 0 atom stereocenters. The van der Waals surface area contributed by atoms with E-state index in [0.717, 1.165) is 60.4 Å². The molecule has 1 aromatic carbocycles. The number of H-pyrrole nitrogens is 1. The molecule has 1 saturated heterocycles. The molecule has 0 unspecified atom stereocenters. The Kier molecular flexibility index (Phi) is 4.48. The third-order valence-corrected chi connectivity index (χ3v) is 6.15. The molecular weight excluding hydrogens is 376 g/mol. The number of nitrogens with zero attached hydrogens (tertiary/aromatic N) is 3. The maximum atomic E-state index is 12.2. The van der Waals surface area contributed by atoms with Crippen molar-refractivity contribution < 1.29 is 9.84 Å². The Hall–Kier alpha value is -2.52. The van der Waals surface area contributed by atoms with E-state index in [2.05, 4.69) is 26.5 Å². The quantitative estimate of drug-likeness (QED) is 0.553. The molecule has 4 heterocycles. The molecule has 3 aromatic heterocycles. The normalized spacial score (nSPS) is 15.6. The van der Waals surface area contributed by atoms with Gasteiger partial charge in [-0.3, -0.25) is 4.90 Å². The van der Waals surface area contributed by atoms with Gasteiger partial charge in [-0.05, 0) is 40.3 Å². The van der Waals surface area contributed by atoms with Gasteiger partial charge >= 0.3 is 5.69 Å². The van der Waals surface area contributed by atoms with E-state index in [4.69, 9.17) is 4.74 Å². The van der Waals surface area contributed by atoms with Crippen molar-refractivity contribution >= 4 is 27.9 Å². The topological polar surface area (TPSA) is 82.9 Å². The van der Waals surface area contributed by atoms with Gasteiger partial charge in [-0.15, -0.1) is 11.3 Å². The first kappa shape index (κ1) is 17.6. The lowest BCUT2D eigenvalue weighted by molar-refractivity contribution is 0.0346. The Balaban J connectivity index is 1.55. The second-order valence-corrected chi connectivity index (χ2v) is 7.97. The lowest BCUT2D eigenvalue weighted by atomic mass is 10.0.